The third-order valence-corrected chi connectivity index (χ3v) is 4.77. The first kappa shape index (κ1) is 20.4. The molecular weight excluding hydrogens is 366 g/mol. The van der Waals surface area contributed by atoms with Crippen molar-refractivity contribution >= 4 is 29.0 Å². The average molecular weight is 393 g/mol. The number of carbonyl (C=O) groups is 1. The van der Waals surface area contributed by atoms with Gasteiger partial charge < -0.3 is 21.3 Å². The van der Waals surface area contributed by atoms with Gasteiger partial charge >= 0.3 is 0 Å². The Hall–Kier alpha value is -3.34. The van der Waals surface area contributed by atoms with E-state index in [-0.39, 0.29) is 11.9 Å². The fourth-order valence-electron chi connectivity index (χ4n) is 3.59. The van der Waals surface area contributed by atoms with Crippen molar-refractivity contribution in [1.29, 1.82) is 5.26 Å². The second-order valence-corrected chi connectivity index (χ2v) is 7.36. The van der Waals surface area contributed by atoms with Gasteiger partial charge in [0.05, 0.1) is 11.6 Å². The molecule has 0 saturated carbocycles. The fourth-order valence-corrected chi connectivity index (χ4v) is 3.59. The summed E-state index contributed by atoms with van der Waals surface area (Å²) in [5.41, 5.74) is 8.50. The van der Waals surface area contributed by atoms with E-state index in [9.17, 15) is 4.79 Å². The average Bonchev–Trinajstić information content (AvgIpc) is 2.67. The predicted molar refractivity (Wildman–Crippen MR) is 114 cm³/mol. The molecule has 2 aromatic rings. The molecule has 3 rings (SSSR count). The van der Waals surface area contributed by atoms with Crippen LogP contribution in [0, 0.1) is 11.3 Å². The first-order chi connectivity index (χ1) is 14.0. The number of rotatable bonds is 6. The van der Waals surface area contributed by atoms with Gasteiger partial charge in [0.2, 0.25) is 11.9 Å². The van der Waals surface area contributed by atoms with Crippen molar-refractivity contribution in [2.24, 2.45) is 0 Å². The molecule has 1 aromatic heterocycles. The summed E-state index contributed by atoms with van der Waals surface area (Å²) in [5.74, 6) is 1.30. The molecule has 0 bridgehead atoms. The Morgan fingerprint density at radius 1 is 1.34 bits per heavy atom. The summed E-state index contributed by atoms with van der Waals surface area (Å²) in [5, 5.41) is 15.4. The van der Waals surface area contributed by atoms with Crippen LogP contribution >= 0.6 is 0 Å². The van der Waals surface area contributed by atoms with Gasteiger partial charge in [-0.1, -0.05) is 13.3 Å². The molecule has 29 heavy (non-hydrogen) atoms. The van der Waals surface area contributed by atoms with E-state index in [1.807, 2.05) is 6.07 Å². The minimum Gasteiger partial charge on any atom is -0.399 e. The van der Waals surface area contributed by atoms with Crippen LogP contribution in [0.2, 0.25) is 0 Å². The Morgan fingerprint density at radius 2 is 2.17 bits per heavy atom. The van der Waals surface area contributed by atoms with Crippen LogP contribution in [-0.4, -0.2) is 35.0 Å². The van der Waals surface area contributed by atoms with Gasteiger partial charge in [0, 0.05) is 49.2 Å². The van der Waals surface area contributed by atoms with E-state index >= 15 is 0 Å². The number of anilines is 4. The second-order valence-electron chi connectivity index (χ2n) is 7.36. The van der Waals surface area contributed by atoms with Crippen LogP contribution in [-0.2, 0) is 11.2 Å². The van der Waals surface area contributed by atoms with E-state index in [1.165, 1.54) is 0 Å². The normalized spacial score (nSPS) is 16.2. The van der Waals surface area contributed by atoms with E-state index in [2.05, 4.69) is 33.5 Å². The Kier molecular flexibility index (Phi) is 6.50. The Labute approximate surface area is 171 Å². The molecule has 1 aliphatic heterocycles. The molecule has 2 heterocycles. The molecule has 8 nitrogen and oxygen atoms in total. The van der Waals surface area contributed by atoms with Crippen LogP contribution in [0.25, 0.3) is 0 Å². The molecule has 1 unspecified atom stereocenters. The molecule has 1 amide bonds. The van der Waals surface area contributed by atoms with Crippen molar-refractivity contribution in [2.45, 2.75) is 45.6 Å². The van der Waals surface area contributed by atoms with Crippen molar-refractivity contribution in [3.8, 4) is 6.07 Å². The largest absolute Gasteiger partial charge is 0.399 e. The molecule has 0 aliphatic carbocycles. The van der Waals surface area contributed by atoms with E-state index < -0.39 is 0 Å². The standard InChI is InChI=1S/C21H27N7O/c1-3-5-17-11-20(28-7-4-6-18(13-28)24-14(2)29)27-21(25-17)26-19-9-15(12-22)8-16(23)10-19/h8-11,18H,3-7,13,23H2,1-2H3,(H,24,29)(H,25,26,27). The van der Waals surface area contributed by atoms with Crippen LogP contribution in [0.1, 0.15) is 44.4 Å². The number of aryl methyl sites for hydroxylation is 1. The predicted octanol–water partition coefficient (Wildman–Crippen LogP) is 2.73. The van der Waals surface area contributed by atoms with Crippen LogP contribution in [0.3, 0.4) is 0 Å². The van der Waals surface area contributed by atoms with Crippen molar-refractivity contribution in [1.82, 2.24) is 15.3 Å². The van der Waals surface area contributed by atoms with Crippen molar-refractivity contribution in [3.05, 3.63) is 35.5 Å². The van der Waals surface area contributed by atoms with Gasteiger partial charge in [-0.15, -0.1) is 0 Å². The monoisotopic (exact) mass is 393 g/mol. The number of nitriles is 1. The highest BCUT2D eigenvalue weighted by molar-refractivity contribution is 5.73. The summed E-state index contributed by atoms with van der Waals surface area (Å²) < 4.78 is 0. The van der Waals surface area contributed by atoms with Crippen LogP contribution in [0.4, 0.5) is 23.1 Å². The highest BCUT2D eigenvalue weighted by atomic mass is 16.1. The van der Waals surface area contributed by atoms with Gasteiger partial charge in [-0.05, 0) is 37.5 Å². The maximum Gasteiger partial charge on any atom is 0.229 e. The van der Waals surface area contributed by atoms with Gasteiger partial charge in [-0.2, -0.15) is 10.2 Å². The second kappa shape index (κ2) is 9.24. The highest BCUT2D eigenvalue weighted by Crippen LogP contribution is 2.24. The maximum atomic E-state index is 11.4. The first-order valence-electron chi connectivity index (χ1n) is 9.94. The molecule has 1 aromatic carbocycles. The van der Waals surface area contributed by atoms with Gasteiger partial charge in [0.1, 0.15) is 5.82 Å². The lowest BCUT2D eigenvalue weighted by Gasteiger charge is -2.34. The molecule has 0 radical (unpaired) electrons. The summed E-state index contributed by atoms with van der Waals surface area (Å²) in [6.45, 7) is 5.26. The summed E-state index contributed by atoms with van der Waals surface area (Å²) in [6.07, 6.45) is 3.77. The van der Waals surface area contributed by atoms with E-state index in [0.29, 0.717) is 22.9 Å². The van der Waals surface area contributed by atoms with E-state index in [4.69, 9.17) is 16.0 Å². The number of benzene rings is 1. The number of hydrogen-bond acceptors (Lipinski definition) is 7. The smallest absolute Gasteiger partial charge is 0.229 e. The SMILES string of the molecule is CCCc1cc(N2CCCC(NC(C)=O)C2)nc(Nc2cc(N)cc(C#N)c2)n1. The third-order valence-electron chi connectivity index (χ3n) is 4.77. The number of aromatic nitrogens is 2. The number of nitrogens with zero attached hydrogens (tertiary/aromatic N) is 4. The Bertz CT molecular complexity index is 922. The Balaban J connectivity index is 1.87. The number of nitrogens with two attached hydrogens (primary N) is 1. The number of nitrogens with one attached hydrogen (secondary N) is 2. The minimum atomic E-state index is -0.0106. The third kappa shape index (κ3) is 5.57. The molecule has 8 heteroatoms. The lowest BCUT2D eigenvalue weighted by atomic mass is 10.1. The quantitative estimate of drug-likeness (QED) is 0.645. The van der Waals surface area contributed by atoms with E-state index in [1.54, 1.807) is 25.1 Å². The Morgan fingerprint density at radius 3 is 2.90 bits per heavy atom. The molecule has 1 atom stereocenters. The molecule has 0 spiro atoms. The van der Waals surface area contributed by atoms with Gasteiger partial charge in [0.15, 0.2) is 0 Å². The molecular formula is C21H27N7O. The van der Waals surface area contributed by atoms with Gasteiger partial charge in [0.25, 0.3) is 0 Å². The summed E-state index contributed by atoms with van der Waals surface area (Å²) in [4.78, 5) is 22.9. The summed E-state index contributed by atoms with van der Waals surface area (Å²) in [6, 6.07) is 9.35. The van der Waals surface area contributed by atoms with Crippen molar-refractivity contribution in [3.63, 3.8) is 0 Å². The van der Waals surface area contributed by atoms with Crippen LogP contribution in [0.15, 0.2) is 24.3 Å². The van der Waals surface area contributed by atoms with Crippen LogP contribution in [0.5, 0.6) is 0 Å². The van der Waals surface area contributed by atoms with Crippen LogP contribution < -0.4 is 21.3 Å². The topological polar surface area (TPSA) is 120 Å². The number of nitrogen functional groups attached to an aromatic ring is 1. The molecule has 152 valence electrons. The summed E-state index contributed by atoms with van der Waals surface area (Å²) in [7, 11) is 0. The molecule has 1 fully saturated rings. The number of hydrogen-bond donors (Lipinski definition) is 3. The molecule has 1 saturated heterocycles. The zero-order valence-electron chi connectivity index (χ0n) is 16.9. The lowest BCUT2D eigenvalue weighted by molar-refractivity contribution is -0.119. The lowest BCUT2D eigenvalue weighted by Crippen LogP contribution is -2.47. The molecule has 4 N–H and O–H groups in total. The number of amides is 1. The zero-order chi connectivity index (χ0) is 20.8. The highest BCUT2D eigenvalue weighted by Gasteiger charge is 2.22. The fraction of sp³-hybridized carbons (Fsp3) is 0.429. The zero-order valence-corrected chi connectivity index (χ0v) is 16.9. The first-order valence-corrected chi connectivity index (χ1v) is 9.94. The maximum absolute atomic E-state index is 11.4. The van der Waals surface area contributed by atoms with Crippen molar-refractivity contribution in [2.75, 3.05) is 29.0 Å². The molecule has 1 aliphatic rings. The minimum absolute atomic E-state index is 0.0106. The van der Waals surface area contributed by atoms with Gasteiger partial charge in [-0.3, -0.25) is 4.79 Å². The number of carbonyl (C=O) groups excluding carboxylic acids is 1. The van der Waals surface area contributed by atoms with E-state index in [0.717, 1.165) is 50.3 Å². The van der Waals surface area contributed by atoms with Crippen molar-refractivity contribution < 1.29 is 4.79 Å². The summed E-state index contributed by atoms with van der Waals surface area (Å²) >= 11 is 0. The number of piperidine rings is 1. The van der Waals surface area contributed by atoms with Gasteiger partial charge in [-0.25, -0.2) is 4.98 Å².